The molecule has 0 aliphatic heterocycles. The molecule has 25 heavy (non-hydrogen) atoms. The Morgan fingerprint density at radius 1 is 1.12 bits per heavy atom. The number of anilines is 1. The molecule has 128 valence electrons. The van der Waals surface area contributed by atoms with Crippen molar-refractivity contribution in [3.8, 4) is 0 Å². The largest absolute Gasteiger partial charge is 0.452 e. The van der Waals surface area contributed by atoms with Crippen molar-refractivity contribution in [2.75, 3.05) is 11.9 Å². The number of nitro groups is 1. The summed E-state index contributed by atoms with van der Waals surface area (Å²) in [6.07, 6.45) is 2.54. The second-order valence-corrected chi connectivity index (χ2v) is 4.84. The van der Waals surface area contributed by atoms with E-state index in [1.165, 1.54) is 54.6 Å². The van der Waals surface area contributed by atoms with Gasteiger partial charge in [-0.3, -0.25) is 14.9 Å². The van der Waals surface area contributed by atoms with Crippen LogP contribution in [0.3, 0.4) is 0 Å². The van der Waals surface area contributed by atoms with Crippen molar-refractivity contribution >= 4 is 29.3 Å². The van der Waals surface area contributed by atoms with E-state index in [1.54, 1.807) is 0 Å². The predicted octanol–water partition coefficient (Wildman–Crippen LogP) is 2.93. The monoisotopic (exact) mass is 344 g/mol. The van der Waals surface area contributed by atoms with Crippen molar-refractivity contribution in [1.29, 1.82) is 0 Å². The van der Waals surface area contributed by atoms with E-state index in [0.29, 0.717) is 11.3 Å². The van der Waals surface area contributed by atoms with Gasteiger partial charge in [-0.2, -0.15) is 0 Å². The van der Waals surface area contributed by atoms with Crippen molar-refractivity contribution in [3.63, 3.8) is 0 Å². The van der Waals surface area contributed by atoms with Crippen molar-refractivity contribution in [3.05, 3.63) is 76.1 Å². The molecule has 0 atom stereocenters. The zero-order valence-corrected chi connectivity index (χ0v) is 12.8. The van der Waals surface area contributed by atoms with Crippen molar-refractivity contribution in [1.82, 2.24) is 0 Å². The highest BCUT2D eigenvalue weighted by Gasteiger charge is 2.08. The fourth-order valence-corrected chi connectivity index (χ4v) is 1.79. The Labute approximate surface area is 141 Å². The molecular formula is C17H13FN2O5. The fraction of sp³-hybridized carbons (Fsp3) is 0.0588. The molecule has 7 nitrogen and oxygen atoms in total. The zero-order valence-electron chi connectivity index (χ0n) is 12.8. The molecule has 2 rings (SSSR count). The number of nitro benzene ring substituents is 1. The molecule has 8 heteroatoms. The summed E-state index contributed by atoms with van der Waals surface area (Å²) in [5, 5.41) is 13.0. The number of carbonyl (C=O) groups excluding carboxylic acids is 2. The lowest BCUT2D eigenvalue weighted by molar-refractivity contribution is -0.384. The normalized spacial score (nSPS) is 10.4. The highest BCUT2D eigenvalue weighted by Crippen LogP contribution is 2.15. The summed E-state index contributed by atoms with van der Waals surface area (Å²) in [5.41, 5.74) is 0.845. The summed E-state index contributed by atoms with van der Waals surface area (Å²) >= 11 is 0. The molecule has 0 bridgehead atoms. The molecule has 0 aromatic heterocycles. The maximum atomic E-state index is 12.7. The van der Waals surface area contributed by atoms with Crippen molar-refractivity contribution in [2.24, 2.45) is 0 Å². The lowest BCUT2D eigenvalue weighted by atomic mass is 10.2. The van der Waals surface area contributed by atoms with Crippen LogP contribution < -0.4 is 5.32 Å². The van der Waals surface area contributed by atoms with Crippen LogP contribution in [0.1, 0.15) is 5.56 Å². The minimum atomic E-state index is -0.733. The van der Waals surface area contributed by atoms with Gasteiger partial charge in [-0.1, -0.05) is 12.1 Å². The molecule has 0 spiro atoms. The van der Waals surface area contributed by atoms with Crippen LogP contribution in [0.5, 0.6) is 0 Å². The van der Waals surface area contributed by atoms with E-state index in [0.717, 1.165) is 6.08 Å². The van der Waals surface area contributed by atoms with Crippen LogP contribution in [0.4, 0.5) is 15.8 Å². The second-order valence-electron chi connectivity index (χ2n) is 4.84. The van der Waals surface area contributed by atoms with Gasteiger partial charge in [-0.15, -0.1) is 0 Å². The van der Waals surface area contributed by atoms with E-state index in [2.05, 4.69) is 5.32 Å². The maximum absolute atomic E-state index is 12.7. The molecule has 0 saturated carbocycles. The average molecular weight is 344 g/mol. The average Bonchev–Trinajstić information content (AvgIpc) is 2.60. The third-order valence-corrected chi connectivity index (χ3v) is 2.99. The first-order valence-corrected chi connectivity index (χ1v) is 7.09. The molecule has 0 heterocycles. The van der Waals surface area contributed by atoms with Gasteiger partial charge in [0.2, 0.25) is 0 Å². The molecule has 0 fully saturated rings. The van der Waals surface area contributed by atoms with Gasteiger partial charge in [0.15, 0.2) is 6.61 Å². The van der Waals surface area contributed by atoms with Crippen LogP contribution in [0.15, 0.2) is 54.6 Å². The van der Waals surface area contributed by atoms with Gasteiger partial charge in [-0.05, 0) is 35.9 Å². The second kappa shape index (κ2) is 8.34. The van der Waals surface area contributed by atoms with Crippen LogP contribution in [0.2, 0.25) is 0 Å². The van der Waals surface area contributed by atoms with Gasteiger partial charge in [0.1, 0.15) is 5.82 Å². The number of rotatable bonds is 6. The van der Waals surface area contributed by atoms with Crippen LogP contribution in [-0.2, 0) is 14.3 Å². The van der Waals surface area contributed by atoms with E-state index in [9.17, 15) is 24.1 Å². The SMILES string of the molecule is O=C(COC(=O)/C=C/c1ccc(F)cc1)Nc1ccc([N+](=O)[O-])cc1. The van der Waals surface area contributed by atoms with Gasteiger partial charge in [0.25, 0.3) is 11.6 Å². The van der Waals surface area contributed by atoms with E-state index < -0.39 is 23.4 Å². The summed E-state index contributed by atoms with van der Waals surface area (Å²) in [5.74, 6) is -1.71. The number of nitrogens with zero attached hydrogens (tertiary/aromatic N) is 1. The number of ether oxygens (including phenoxy) is 1. The molecule has 0 saturated heterocycles. The standard InChI is InChI=1S/C17H13FN2O5/c18-13-4-1-12(2-5-13)3-10-17(22)25-11-16(21)19-14-6-8-15(9-7-14)20(23)24/h1-10H,11H2,(H,19,21)/b10-3+. The first-order valence-electron chi connectivity index (χ1n) is 7.09. The fourth-order valence-electron chi connectivity index (χ4n) is 1.79. The molecule has 0 unspecified atom stereocenters. The summed E-state index contributed by atoms with van der Waals surface area (Å²) in [6.45, 7) is -0.510. The summed E-state index contributed by atoms with van der Waals surface area (Å²) in [4.78, 5) is 33.2. The smallest absolute Gasteiger partial charge is 0.331 e. The summed E-state index contributed by atoms with van der Waals surface area (Å²) < 4.78 is 17.5. The molecule has 0 aliphatic carbocycles. The van der Waals surface area contributed by atoms with Gasteiger partial charge in [0, 0.05) is 23.9 Å². The van der Waals surface area contributed by atoms with Gasteiger partial charge in [-0.25, -0.2) is 9.18 Å². The number of non-ortho nitro benzene ring substituents is 1. The molecule has 1 amide bonds. The number of halogens is 1. The van der Waals surface area contributed by atoms with E-state index in [1.807, 2.05) is 0 Å². The first kappa shape index (κ1) is 17.8. The highest BCUT2D eigenvalue weighted by atomic mass is 19.1. The quantitative estimate of drug-likeness (QED) is 0.376. The molecule has 0 aliphatic rings. The number of benzene rings is 2. The Kier molecular flexibility index (Phi) is 5.94. The zero-order chi connectivity index (χ0) is 18.2. The van der Waals surface area contributed by atoms with Crippen LogP contribution in [0.25, 0.3) is 6.08 Å². The number of amides is 1. The highest BCUT2D eigenvalue weighted by molar-refractivity contribution is 5.94. The Balaban J connectivity index is 1.79. The Hall–Kier alpha value is -3.55. The minimum Gasteiger partial charge on any atom is -0.452 e. The number of nitrogens with one attached hydrogen (secondary N) is 1. The van der Waals surface area contributed by atoms with Gasteiger partial charge < -0.3 is 10.1 Å². The maximum Gasteiger partial charge on any atom is 0.331 e. The third kappa shape index (κ3) is 5.87. The number of esters is 1. The Bertz CT molecular complexity index is 801. The number of hydrogen-bond donors (Lipinski definition) is 1. The Morgan fingerprint density at radius 3 is 2.36 bits per heavy atom. The number of carbonyl (C=O) groups is 2. The lowest BCUT2D eigenvalue weighted by Gasteiger charge is -2.05. The Morgan fingerprint density at radius 2 is 1.76 bits per heavy atom. The summed E-state index contributed by atoms with van der Waals surface area (Å²) in [6, 6.07) is 10.7. The third-order valence-electron chi connectivity index (χ3n) is 2.99. The van der Waals surface area contributed by atoms with Gasteiger partial charge >= 0.3 is 5.97 Å². The number of hydrogen-bond acceptors (Lipinski definition) is 5. The topological polar surface area (TPSA) is 98.5 Å². The first-order chi connectivity index (χ1) is 11.9. The minimum absolute atomic E-state index is 0.102. The van der Waals surface area contributed by atoms with Gasteiger partial charge in [0.05, 0.1) is 4.92 Å². The summed E-state index contributed by atoms with van der Waals surface area (Å²) in [7, 11) is 0. The van der Waals surface area contributed by atoms with Crippen LogP contribution in [-0.4, -0.2) is 23.4 Å². The van der Waals surface area contributed by atoms with Crippen LogP contribution in [0, 0.1) is 15.9 Å². The van der Waals surface area contributed by atoms with Crippen molar-refractivity contribution < 1.29 is 23.6 Å². The van der Waals surface area contributed by atoms with E-state index in [-0.39, 0.29) is 11.5 Å². The molecular weight excluding hydrogens is 331 g/mol. The molecule has 2 aromatic carbocycles. The lowest BCUT2D eigenvalue weighted by Crippen LogP contribution is -2.20. The van der Waals surface area contributed by atoms with Crippen LogP contribution >= 0.6 is 0 Å². The molecule has 2 aromatic rings. The van der Waals surface area contributed by atoms with Crippen molar-refractivity contribution in [2.45, 2.75) is 0 Å². The molecule has 0 radical (unpaired) electrons. The van der Waals surface area contributed by atoms with E-state index in [4.69, 9.17) is 4.74 Å². The molecule has 1 N–H and O–H groups in total. The predicted molar refractivity (Wildman–Crippen MR) is 88.1 cm³/mol. The van der Waals surface area contributed by atoms with E-state index >= 15 is 0 Å².